The van der Waals surface area contributed by atoms with Crippen molar-refractivity contribution in [3.63, 3.8) is 0 Å². The first-order valence-electron chi connectivity index (χ1n) is 8.41. The van der Waals surface area contributed by atoms with E-state index in [1.807, 2.05) is 0 Å². The van der Waals surface area contributed by atoms with Gasteiger partial charge in [0.2, 0.25) is 5.91 Å². The van der Waals surface area contributed by atoms with Gasteiger partial charge in [0.25, 0.3) is 0 Å². The minimum atomic E-state index is 0.234. The molecule has 1 aliphatic carbocycles. The lowest BCUT2D eigenvalue weighted by atomic mass is 9.69. The van der Waals surface area contributed by atoms with E-state index in [-0.39, 0.29) is 11.8 Å². The summed E-state index contributed by atoms with van der Waals surface area (Å²) in [7, 11) is 0. The van der Waals surface area contributed by atoms with Gasteiger partial charge >= 0.3 is 0 Å². The second kappa shape index (κ2) is 7.48. The molecule has 0 aromatic carbocycles. The number of nitrogens with one attached hydrogen (secondary N) is 1. The summed E-state index contributed by atoms with van der Waals surface area (Å²) in [4.78, 5) is 12.7. The first kappa shape index (κ1) is 19.0. The average Bonchev–Trinajstić information content (AvgIpc) is 2.33. The zero-order valence-electron chi connectivity index (χ0n) is 14.8. The van der Waals surface area contributed by atoms with Crippen molar-refractivity contribution in [3.8, 4) is 0 Å². The number of alkyl halides is 1. The molecule has 0 bridgehead atoms. The van der Waals surface area contributed by atoms with Crippen LogP contribution in [-0.4, -0.2) is 17.3 Å². The van der Waals surface area contributed by atoms with Crippen LogP contribution >= 0.6 is 15.9 Å². The average molecular weight is 360 g/mol. The van der Waals surface area contributed by atoms with Gasteiger partial charge in [0, 0.05) is 17.3 Å². The molecular formula is C18H34BrNO. The summed E-state index contributed by atoms with van der Waals surface area (Å²) >= 11 is 3.69. The van der Waals surface area contributed by atoms with E-state index in [0.29, 0.717) is 15.7 Å². The Morgan fingerprint density at radius 3 is 2.05 bits per heavy atom. The van der Waals surface area contributed by atoms with Crippen LogP contribution in [0.5, 0.6) is 0 Å². The van der Waals surface area contributed by atoms with Gasteiger partial charge in [-0.3, -0.25) is 4.79 Å². The molecule has 1 rings (SSSR count). The topological polar surface area (TPSA) is 29.1 Å². The van der Waals surface area contributed by atoms with E-state index >= 15 is 0 Å². The van der Waals surface area contributed by atoms with Crippen molar-refractivity contribution in [2.75, 3.05) is 6.54 Å². The second-order valence-electron chi connectivity index (χ2n) is 9.02. The van der Waals surface area contributed by atoms with E-state index in [9.17, 15) is 4.79 Å². The van der Waals surface area contributed by atoms with Crippen molar-refractivity contribution in [3.05, 3.63) is 0 Å². The van der Waals surface area contributed by atoms with Crippen molar-refractivity contribution in [1.29, 1.82) is 0 Å². The molecule has 0 spiro atoms. The van der Waals surface area contributed by atoms with Gasteiger partial charge in [0.05, 0.1) is 0 Å². The third-order valence-electron chi connectivity index (χ3n) is 4.65. The molecule has 1 atom stereocenters. The van der Waals surface area contributed by atoms with Gasteiger partial charge in [-0.15, -0.1) is 0 Å². The zero-order chi connectivity index (χ0) is 16.3. The van der Waals surface area contributed by atoms with Crippen molar-refractivity contribution in [2.45, 2.75) is 78.5 Å². The molecule has 3 heteroatoms. The number of rotatable bonds is 4. The second-order valence-corrected chi connectivity index (χ2v) is 10.3. The number of amides is 1. The molecule has 1 saturated carbocycles. The van der Waals surface area contributed by atoms with Crippen LogP contribution in [0.2, 0.25) is 0 Å². The Morgan fingerprint density at radius 1 is 1.10 bits per heavy atom. The smallest absolute Gasteiger partial charge is 0.223 e. The van der Waals surface area contributed by atoms with Crippen LogP contribution in [0.3, 0.4) is 0 Å². The Hall–Kier alpha value is -0.0500. The van der Waals surface area contributed by atoms with Crippen LogP contribution in [0.25, 0.3) is 0 Å². The standard InChI is InChI=1S/C18H34BrNO/c1-17(2,3)11-15(19)12-20-16(21)13-7-9-14(10-8-13)18(4,5)6/h13-15H,7-12H2,1-6H3,(H,20,21). The van der Waals surface area contributed by atoms with E-state index in [2.05, 4.69) is 62.8 Å². The highest BCUT2D eigenvalue weighted by atomic mass is 79.9. The summed E-state index contributed by atoms with van der Waals surface area (Å²) in [5, 5.41) is 3.14. The fourth-order valence-electron chi connectivity index (χ4n) is 3.31. The van der Waals surface area contributed by atoms with Gasteiger partial charge in [0.1, 0.15) is 0 Å². The minimum Gasteiger partial charge on any atom is -0.355 e. The number of carbonyl (C=O) groups is 1. The highest BCUT2D eigenvalue weighted by Gasteiger charge is 2.32. The van der Waals surface area contributed by atoms with Crippen molar-refractivity contribution < 1.29 is 4.79 Å². The van der Waals surface area contributed by atoms with Gasteiger partial charge in [-0.2, -0.15) is 0 Å². The molecule has 0 aliphatic heterocycles. The van der Waals surface area contributed by atoms with Gasteiger partial charge in [-0.05, 0) is 48.9 Å². The lowest BCUT2D eigenvalue weighted by molar-refractivity contribution is -0.126. The van der Waals surface area contributed by atoms with E-state index in [0.717, 1.165) is 31.7 Å². The third kappa shape index (κ3) is 7.17. The fourth-order valence-corrected chi connectivity index (χ4v) is 4.45. The van der Waals surface area contributed by atoms with E-state index in [4.69, 9.17) is 0 Å². The maximum Gasteiger partial charge on any atom is 0.223 e. The maximum absolute atomic E-state index is 12.3. The predicted octanol–water partition coefficient (Wildman–Crippen LogP) is 5.15. The molecule has 21 heavy (non-hydrogen) atoms. The van der Waals surface area contributed by atoms with E-state index in [1.54, 1.807) is 0 Å². The molecule has 0 aromatic rings. The molecule has 2 nitrogen and oxygen atoms in total. The largest absolute Gasteiger partial charge is 0.355 e. The lowest BCUT2D eigenvalue weighted by Gasteiger charge is -2.36. The fraction of sp³-hybridized carbons (Fsp3) is 0.944. The summed E-state index contributed by atoms with van der Waals surface area (Å²) in [6.45, 7) is 14.4. The molecule has 1 aliphatic rings. The predicted molar refractivity (Wildman–Crippen MR) is 94.7 cm³/mol. The summed E-state index contributed by atoms with van der Waals surface area (Å²) in [6, 6.07) is 0. The molecule has 0 aromatic heterocycles. The monoisotopic (exact) mass is 359 g/mol. The van der Waals surface area contributed by atoms with Crippen LogP contribution in [0.1, 0.15) is 73.6 Å². The van der Waals surface area contributed by atoms with Gasteiger partial charge in [-0.25, -0.2) is 0 Å². The van der Waals surface area contributed by atoms with Crippen LogP contribution in [0.15, 0.2) is 0 Å². The summed E-state index contributed by atoms with van der Waals surface area (Å²) in [5.41, 5.74) is 0.679. The Morgan fingerprint density at radius 2 is 1.62 bits per heavy atom. The highest BCUT2D eigenvalue weighted by Crippen LogP contribution is 2.39. The Labute approximate surface area is 140 Å². The Balaban J connectivity index is 2.32. The molecule has 124 valence electrons. The first-order valence-corrected chi connectivity index (χ1v) is 9.32. The van der Waals surface area contributed by atoms with Gasteiger partial charge < -0.3 is 5.32 Å². The lowest BCUT2D eigenvalue weighted by Crippen LogP contribution is -2.38. The summed E-state index contributed by atoms with van der Waals surface area (Å²) in [6.07, 6.45) is 5.58. The van der Waals surface area contributed by atoms with Crippen molar-refractivity contribution in [1.82, 2.24) is 5.32 Å². The summed E-state index contributed by atoms with van der Waals surface area (Å²) < 4.78 is 0. The molecular weight excluding hydrogens is 326 g/mol. The minimum absolute atomic E-state index is 0.234. The number of hydrogen-bond donors (Lipinski definition) is 1. The maximum atomic E-state index is 12.3. The Kier molecular flexibility index (Phi) is 6.77. The van der Waals surface area contributed by atoms with Gasteiger partial charge in [-0.1, -0.05) is 57.5 Å². The van der Waals surface area contributed by atoms with E-state index in [1.165, 1.54) is 12.8 Å². The third-order valence-corrected chi connectivity index (χ3v) is 5.30. The molecule has 1 N–H and O–H groups in total. The normalized spacial score (nSPS) is 25.5. The SMILES string of the molecule is CC(C)(C)CC(Br)CNC(=O)C1CCC(C(C)(C)C)CC1. The van der Waals surface area contributed by atoms with Gasteiger partial charge in [0.15, 0.2) is 0 Å². The molecule has 1 amide bonds. The molecule has 1 fully saturated rings. The van der Waals surface area contributed by atoms with Crippen molar-refractivity contribution in [2.24, 2.45) is 22.7 Å². The number of hydrogen-bond acceptors (Lipinski definition) is 1. The Bertz CT molecular complexity index is 332. The number of halogens is 1. The molecule has 0 heterocycles. The zero-order valence-corrected chi connectivity index (χ0v) is 16.3. The van der Waals surface area contributed by atoms with Crippen LogP contribution in [0.4, 0.5) is 0 Å². The number of carbonyl (C=O) groups excluding carboxylic acids is 1. The van der Waals surface area contributed by atoms with E-state index < -0.39 is 0 Å². The van der Waals surface area contributed by atoms with Crippen molar-refractivity contribution >= 4 is 21.8 Å². The first-order chi connectivity index (χ1) is 9.49. The van der Waals surface area contributed by atoms with Crippen LogP contribution < -0.4 is 5.32 Å². The quantitative estimate of drug-likeness (QED) is 0.690. The van der Waals surface area contributed by atoms with Crippen LogP contribution in [0, 0.1) is 22.7 Å². The molecule has 1 unspecified atom stereocenters. The molecule has 0 radical (unpaired) electrons. The van der Waals surface area contributed by atoms with Crippen LogP contribution in [-0.2, 0) is 4.79 Å². The summed E-state index contributed by atoms with van der Waals surface area (Å²) in [5.74, 6) is 1.27. The molecule has 0 saturated heterocycles. The highest BCUT2D eigenvalue weighted by molar-refractivity contribution is 9.09.